The molecule has 0 saturated heterocycles. The van der Waals surface area contributed by atoms with E-state index in [0.29, 0.717) is 17.4 Å². The van der Waals surface area contributed by atoms with Crippen molar-refractivity contribution in [3.8, 4) is 0 Å². The van der Waals surface area contributed by atoms with E-state index in [-0.39, 0.29) is 6.04 Å². The number of sulfonamides is 1. The summed E-state index contributed by atoms with van der Waals surface area (Å²) in [6, 6.07) is -0.0248. The van der Waals surface area contributed by atoms with E-state index in [1.807, 2.05) is 20.9 Å². The summed E-state index contributed by atoms with van der Waals surface area (Å²) in [5.41, 5.74) is 0. The lowest BCUT2D eigenvalue weighted by atomic mass is 10.3. The molecule has 120 valence electrons. The van der Waals surface area contributed by atoms with Gasteiger partial charge in [0.1, 0.15) is 4.90 Å². The molecule has 1 aromatic heterocycles. The Morgan fingerprint density at radius 1 is 1.48 bits per heavy atom. The van der Waals surface area contributed by atoms with Gasteiger partial charge in [0.15, 0.2) is 0 Å². The highest BCUT2D eigenvalue weighted by Gasteiger charge is 2.33. The van der Waals surface area contributed by atoms with Gasteiger partial charge in [0, 0.05) is 25.3 Å². The number of hydrogen-bond donors (Lipinski definition) is 1. The van der Waals surface area contributed by atoms with Crippen molar-refractivity contribution in [1.29, 1.82) is 0 Å². The molecule has 1 fully saturated rings. The van der Waals surface area contributed by atoms with E-state index in [2.05, 4.69) is 10.4 Å². The summed E-state index contributed by atoms with van der Waals surface area (Å²) < 4.78 is 28.8. The van der Waals surface area contributed by atoms with Crippen molar-refractivity contribution in [2.45, 2.75) is 50.6 Å². The van der Waals surface area contributed by atoms with Gasteiger partial charge in [0.2, 0.25) is 10.0 Å². The molecule has 1 N–H and O–H groups in total. The van der Waals surface area contributed by atoms with Gasteiger partial charge >= 0.3 is 0 Å². The summed E-state index contributed by atoms with van der Waals surface area (Å²) in [6.45, 7) is 6.10. The maximum atomic E-state index is 12.7. The Morgan fingerprint density at radius 3 is 2.76 bits per heavy atom. The SMILES string of the molecule is CNCCCn1cc(S(=O)(=O)N(CC2CC2)C(C)C)cn1. The summed E-state index contributed by atoms with van der Waals surface area (Å²) >= 11 is 0. The first-order valence-corrected chi connectivity index (χ1v) is 9.08. The quantitative estimate of drug-likeness (QED) is 0.698. The number of aryl methyl sites for hydroxylation is 1. The van der Waals surface area contributed by atoms with Gasteiger partial charge in [-0.3, -0.25) is 4.68 Å². The Balaban J connectivity index is 2.09. The number of rotatable bonds is 9. The number of aromatic nitrogens is 2. The van der Waals surface area contributed by atoms with Crippen LogP contribution in [0.15, 0.2) is 17.3 Å². The lowest BCUT2D eigenvalue weighted by molar-refractivity contribution is 0.341. The second-order valence-electron chi connectivity index (χ2n) is 6.01. The monoisotopic (exact) mass is 314 g/mol. The van der Waals surface area contributed by atoms with Crippen LogP contribution in [0.5, 0.6) is 0 Å². The Hall–Kier alpha value is -0.920. The van der Waals surface area contributed by atoms with E-state index in [4.69, 9.17) is 0 Å². The standard InChI is InChI=1S/C14H26N4O2S/c1-12(2)18(10-13-5-6-13)21(19,20)14-9-16-17(11-14)8-4-7-15-3/h9,11-13,15H,4-8,10H2,1-3H3. The molecule has 0 bridgehead atoms. The van der Waals surface area contributed by atoms with Crippen LogP contribution in [-0.4, -0.2) is 48.7 Å². The van der Waals surface area contributed by atoms with Crippen molar-refractivity contribution in [2.75, 3.05) is 20.1 Å². The van der Waals surface area contributed by atoms with Gasteiger partial charge in [0.05, 0.1) is 6.20 Å². The van der Waals surface area contributed by atoms with E-state index in [0.717, 1.165) is 32.4 Å². The minimum atomic E-state index is -3.43. The van der Waals surface area contributed by atoms with Crippen LogP contribution in [0.25, 0.3) is 0 Å². The summed E-state index contributed by atoms with van der Waals surface area (Å²) in [5.74, 6) is 0.535. The summed E-state index contributed by atoms with van der Waals surface area (Å²) in [4.78, 5) is 0.307. The molecule has 1 aliphatic carbocycles. The highest BCUT2D eigenvalue weighted by molar-refractivity contribution is 7.89. The largest absolute Gasteiger partial charge is 0.320 e. The Morgan fingerprint density at radius 2 is 2.19 bits per heavy atom. The van der Waals surface area contributed by atoms with Crippen LogP contribution in [0, 0.1) is 5.92 Å². The first-order valence-electron chi connectivity index (χ1n) is 7.64. The molecule has 0 radical (unpaired) electrons. The second kappa shape index (κ2) is 6.89. The third-order valence-electron chi connectivity index (χ3n) is 3.74. The van der Waals surface area contributed by atoms with E-state index in [9.17, 15) is 8.42 Å². The Kier molecular flexibility index (Phi) is 5.40. The fraction of sp³-hybridized carbons (Fsp3) is 0.786. The van der Waals surface area contributed by atoms with Crippen LogP contribution in [0.2, 0.25) is 0 Å². The lowest BCUT2D eigenvalue weighted by Crippen LogP contribution is -2.38. The van der Waals surface area contributed by atoms with Gasteiger partial charge in [0.25, 0.3) is 0 Å². The molecule has 7 heteroatoms. The first-order chi connectivity index (χ1) is 9.95. The Labute approximate surface area is 127 Å². The summed E-state index contributed by atoms with van der Waals surface area (Å²) in [7, 11) is -1.53. The van der Waals surface area contributed by atoms with Crippen molar-refractivity contribution in [3.05, 3.63) is 12.4 Å². The van der Waals surface area contributed by atoms with Crippen LogP contribution < -0.4 is 5.32 Å². The van der Waals surface area contributed by atoms with E-state index >= 15 is 0 Å². The molecule has 0 amide bonds. The van der Waals surface area contributed by atoms with Crippen molar-refractivity contribution < 1.29 is 8.42 Å². The smallest absolute Gasteiger partial charge is 0.246 e. The van der Waals surface area contributed by atoms with E-state index < -0.39 is 10.0 Å². The van der Waals surface area contributed by atoms with Crippen LogP contribution in [0.4, 0.5) is 0 Å². The van der Waals surface area contributed by atoms with Crippen LogP contribution in [-0.2, 0) is 16.6 Å². The molecular weight excluding hydrogens is 288 g/mol. The predicted octanol–water partition coefficient (Wildman–Crippen LogP) is 1.30. The van der Waals surface area contributed by atoms with Gasteiger partial charge in [-0.05, 0) is 52.6 Å². The third kappa shape index (κ3) is 4.28. The maximum absolute atomic E-state index is 12.7. The van der Waals surface area contributed by atoms with Crippen molar-refractivity contribution in [1.82, 2.24) is 19.4 Å². The predicted molar refractivity (Wildman–Crippen MR) is 82.5 cm³/mol. The minimum Gasteiger partial charge on any atom is -0.320 e. The third-order valence-corrected chi connectivity index (χ3v) is 5.74. The van der Waals surface area contributed by atoms with Gasteiger partial charge in [-0.2, -0.15) is 9.40 Å². The molecule has 0 spiro atoms. The summed E-state index contributed by atoms with van der Waals surface area (Å²) in [6.07, 6.45) is 6.32. The number of nitrogens with zero attached hydrogens (tertiary/aromatic N) is 3. The van der Waals surface area contributed by atoms with Gasteiger partial charge in [-0.1, -0.05) is 0 Å². The molecule has 1 heterocycles. The highest BCUT2D eigenvalue weighted by Crippen LogP contribution is 2.32. The summed E-state index contributed by atoms with van der Waals surface area (Å²) in [5, 5.41) is 7.24. The van der Waals surface area contributed by atoms with Gasteiger partial charge in [-0.25, -0.2) is 8.42 Å². The lowest BCUT2D eigenvalue weighted by Gasteiger charge is -2.25. The molecular formula is C14H26N4O2S. The molecule has 1 aliphatic rings. The maximum Gasteiger partial charge on any atom is 0.246 e. The van der Waals surface area contributed by atoms with Crippen molar-refractivity contribution in [2.24, 2.45) is 5.92 Å². The first kappa shape index (κ1) is 16.5. The molecule has 0 unspecified atom stereocenters. The molecule has 0 atom stereocenters. The number of nitrogens with one attached hydrogen (secondary N) is 1. The van der Waals surface area contributed by atoms with Gasteiger partial charge in [-0.15, -0.1) is 0 Å². The van der Waals surface area contributed by atoms with Crippen LogP contribution >= 0.6 is 0 Å². The molecule has 1 saturated carbocycles. The average molecular weight is 314 g/mol. The minimum absolute atomic E-state index is 0.0248. The molecule has 6 nitrogen and oxygen atoms in total. The number of hydrogen-bond acceptors (Lipinski definition) is 4. The van der Waals surface area contributed by atoms with Crippen LogP contribution in [0.3, 0.4) is 0 Å². The molecule has 0 aromatic carbocycles. The van der Waals surface area contributed by atoms with E-state index in [1.165, 1.54) is 6.20 Å². The zero-order chi connectivity index (χ0) is 15.5. The fourth-order valence-electron chi connectivity index (χ4n) is 2.29. The molecule has 0 aliphatic heterocycles. The zero-order valence-corrected chi connectivity index (χ0v) is 13.9. The normalized spacial score (nSPS) is 16.0. The zero-order valence-electron chi connectivity index (χ0n) is 13.1. The molecule has 1 aromatic rings. The average Bonchev–Trinajstić information content (AvgIpc) is 3.12. The van der Waals surface area contributed by atoms with Gasteiger partial charge < -0.3 is 5.32 Å². The van der Waals surface area contributed by atoms with E-state index in [1.54, 1.807) is 15.2 Å². The van der Waals surface area contributed by atoms with Crippen molar-refractivity contribution in [3.63, 3.8) is 0 Å². The van der Waals surface area contributed by atoms with Crippen LogP contribution in [0.1, 0.15) is 33.1 Å². The molecule has 21 heavy (non-hydrogen) atoms. The second-order valence-corrected chi connectivity index (χ2v) is 7.90. The Bertz CT molecular complexity index is 549. The fourth-order valence-corrected chi connectivity index (χ4v) is 3.96. The van der Waals surface area contributed by atoms with Crippen molar-refractivity contribution >= 4 is 10.0 Å². The molecule has 2 rings (SSSR count). The highest BCUT2D eigenvalue weighted by atomic mass is 32.2. The topological polar surface area (TPSA) is 67.2 Å².